The van der Waals surface area contributed by atoms with Gasteiger partial charge in [0.15, 0.2) is 6.35 Å². The average molecular weight is 392 g/mol. The van der Waals surface area contributed by atoms with Gasteiger partial charge in [0, 0.05) is 0 Å². The lowest BCUT2D eigenvalue weighted by molar-refractivity contribution is 0.300. The lowest BCUT2D eigenvalue weighted by atomic mass is 9.89. The van der Waals surface area contributed by atoms with Gasteiger partial charge >= 0.3 is 7.60 Å². The fraction of sp³-hybridized carbons (Fsp3) is 0.429. The SMILES string of the molecule is CCC(CC)c1cc(Cc2c(C)cc(OCP(=O)(O)O)cc2C)ccc1O. The summed E-state index contributed by atoms with van der Waals surface area (Å²) < 4.78 is 16.2. The van der Waals surface area contributed by atoms with E-state index in [0.717, 1.165) is 47.1 Å². The molecule has 0 fully saturated rings. The van der Waals surface area contributed by atoms with E-state index in [0.29, 0.717) is 17.4 Å². The van der Waals surface area contributed by atoms with Crippen molar-refractivity contribution >= 4 is 7.60 Å². The molecule has 5 nitrogen and oxygen atoms in total. The van der Waals surface area contributed by atoms with Crippen molar-refractivity contribution in [1.29, 1.82) is 0 Å². The van der Waals surface area contributed by atoms with E-state index in [1.807, 2.05) is 19.9 Å². The second-order valence-electron chi connectivity index (χ2n) is 7.06. The van der Waals surface area contributed by atoms with E-state index in [4.69, 9.17) is 14.5 Å². The zero-order valence-electron chi connectivity index (χ0n) is 16.4. The van der Waals surface area contributed by atoms with Crippen LogP contribution in [0.25, 0.3) is 0 Å². The summed E-state index contributed by atoms with van der Waals surface area (Å²) in [6.07, 6.45) is 2.07. The van der Waals surface area contributed by atoms with Crippen LogP contribution in [-0.2, 0) is 11.0 Å². The number of aromatic hydroxyl groups is 1. The first-order valence-electron chi connectivity index (χ1n) is 9.23. The van der Waals surface area contributed by atoms with Crippen molar-refractivity contribution in [3.63, 3.8) is 0 Å². The van der Waals surface area contributed by atoms with Crippen molar-refractivity contribution in [2.45, 2.75) is 52.9 Å². The predicted molar refractivity (Wildman–Crippen MR) is 108 cm³/mol. The molecule has 0 aromatic heterocycles. The monoisotopic (exact) mass is 392 g/mol. The molecule has 0 amide bonds. The Morgan fingerprint density at radius 1 is 1.04 bits per heavy atom. The average Bonchev–Trinajstić information content (AvgIpc) is 2.59. The van der Waals surface area contributed by atoms with Gasteiger partial charge in [0.25, 0.3) is 0 Å². The molecule has 0 radical (unpaired) electrons. The number of benzene rings is 2. The molecule has 0 spiro atoms. The molecule has 0 heterocycles. The van der Waals surface area contributed by atoms with Crippen LogP contribution in [0.3, 0.4) is 0 Å². The maximum absolute atomic E-state index is 11.0. The van der Waals surface area contributed by atoms with Crippen LogP contribution in [0.5, 0.6) is 11.5 Å². The molecule has 2 aromatic rings. The zero-order chi connectivity index (χ0) is 20.2. The highest BCUT2D eigenvalue weighted by Crippen LogP contribution is 2.36. The lowest BCUT2D eigenvalue weighted by Gasteiger charge is -2.17. The normalized spacial score (nSPS) is 11.8. The molecule has 0 aliphatic rings. The van der Waals surface area contributed by atoms with Crippen molar-refractivity contribution in [2.75, 3.05) is 6.35 Å². The van der Waals surface area contributed by atoms with E-state index in [1.165, 1.54) is 0 Å². The third-order valence-electron chi connectivity index (χ3n) is 4.97. The minimum absolute atomic E-state index is 0.343. The molecular formula is C21H29O5P. The Balaban J connectivity index is 2.27. The van der Waals surface area contributed by atoms with Crippen LogP contribution in [-0.4, -0.2) is 21.2 Å². The predicted octanol–water partition coefficient (Wildman–Crippen LogP) is 5.02. The van der Waals surface area contributed by atoms with Crippen LogP contribution < -0.4 is 4.74 Å². The van der Waals surface area contributed by atoms with E-state index < -0.39 is 13.9 Å². The molecule has 0 bridgehead atoms. The Morgan fingerprint density at radius 3 is 2.15 bits per heavy atom. The molecule has 0 saturated heterocycles. The molecule has 2 rings (SSSR count). The van der Waals surface area contributed by atoms with Crippen LogP contribution in [0.15, 0.2) is 30.3 Å². The molecule has 0 aliphatic heterocycles. The number of phenolic OH excluding ortho intramolecular Hbond substituents is 1. The highest BCUT2D eigenvalue weighted by atomic mass is 31.2. The van der Waals surface area contributed by atoms with Gasteiger partial charge in [-0.05, 0) is 85.0 Å². The van der Waals surface area contributed by atoms with Gasteiger partial charge in [-0.1, -0.05) is 26.0 Å². The lowest BCUT2D eigenvalue weighted by Crippen LogP contribution is -2.02. The molecule has 0 atom stereocenters. The standard InChI is InChI=1S/C21H29O5P/c1-5-17(6-2)20-12-16(7-8-21(20)22)11-19-14(3)9-18(10-15(19)4)26-13-27(23,24)25/h7-10,12,17,22H,5-6,11,13H2,1-4H3,(H2,23,24,25). The van der Waals surface area contributed by atoms with E-state index in [9.17, 15) is 9.67 Å². The van der Waals surface area contributed by atoms with Gasteiger partial charge in [0.05, 0.1) is 0 Å². The van der Waals surface area contributed by atoms with Crippen LogP contribution in [0.4, 0.5) is 0 Å². The van der Waals surface area contributed by atoms with Crippen molar-refractivity contribution in [3.8, 4) is 11.5 Å². The highest BCUT2D eigenvalue weighted by molar-refractivity contribution is 7.51. The van der Waals surface area contributed by atoms with E-state index in [1.54, 1.807) is 18.2 Å². The largest absolute Gasteiger partial charge is 0.508 e. The molecule has 0 aliphatic carbocycles. The second kappa shape index (κ2) is 8.92. The van der Waals surface area contributed by atoms with Crippen LogP contribution >= 0.6 is 7.60 Å². The summed E-state index contributed by atoms with van der Waals surface area (Å²) >= 11 is 0. The first-order chi connectivity index (χ1) is 12.6. The van der Waals surface area contributed by atoms with Gasteiger partial charge in [-0.3, -0.25) is 4.57 Å². The Kier molecular flexibility index (Phi) is 7.10. The molecule has 148 valence electrons. The van der Waals surface area contributed by atoms with Gasteiger partial charge in [-0.2, -0.15) is 0 Å². The Bertz CT molecular complexity index is 813. The van der Waals surface area contributed by atoms with Crippen molar-refractivity contribution in [1.82, 2.24) is 0 Å². The van der Waals surface area contributed by atoms with Crippen LogP contribution in [0.2, 0.25) is 0 Å². The fourth-order valence-electron chi connectivity index (χ4n) is 3.45. The van der Waals surface area contributed by atoms with E-state index >= 15 is 0 Å². The highest BCUT2D eigenvalue weighted by Gasteiger charge is 2.16. The third-order valence-corrected chi connectivity index (χ3v) is 5.43. The number of hydrogen-bond donors (Lipinski definition) is 3. The minimum Gasteiger partial charge on any atom is -0.508 e. The Hall–Kier alpha value is -1.81. The van der Waals surface area contributed by atoms with Crippen LogP contribution in [0, 0.1) is 13.8 Å². The summed E-state index contributed by atoms with van der Waals surface area (Å²) in [6.45, 7) is 8.19. The maximum Gasteiger partial charge on any atom is 0.362 e. The molecule has 3 N–H and O–H groups in total. The number of rotatable bonds is 8. The summed E-state index contributed by atoms with van der Waals surface area (Å²) in [5, 5.41) is 10.2. The van der Waals surface area contributed by atoms with Gasteiger partial charge in [0.2, 0.25) is 0 Å². The molecule has 2 aromatic carbocycles. The van der Waals surface area contributed by atoms with Crippen molar-refractivity contribution in [3.05, 3.63) is 58.1 Å². The fourth-order valence-corrected chi connectivity index (χ4v) is 3.77. The number of aryl methyl sites for hydroxylation is 2. The molecule has 0 unspecified atom stereocenters. The molecule has 27 heavy (non-hydrogen) atoms. The van der Waals surface area contributed by atoms with E-state index in [-0.39, 0.29) is 0 Å². The smallest absolute Gasteiger partial charge is 0.362 e. The molecule has 6 heteroatoms. The summed E-state index contributed by atoms with van der Waals surface area (Å²) in [7, 11) is -4.20. The zero-order valence-corrected chi connectivity index (χ0v) is 17.3. The van der Waals surface area contributed by atoms with Gasteiger partial charge in [-0.15, -0.1) is 0 Å². The van der Waals surface area contributed by atoms with Gasteiger partial charge in [-0.25, -0.2) is 0 Å². The molecule has 0 saturated carbocycles. The maximum atomic E-state index is 11.0. The summed E-state index contributed by atoms with van der Waals surface area (Å²) in [4.78, 5) is 17.9. The second-order valence-corrected chi connectivity index (χ2v) is 8.64. The summed E-state index contributed by atoms with van der Waals surface area (Å²) in [6, 6.07) is 9.41. The number of phenols is 1. The van der Waals surface area contributed by atoms with Crippen molar-refractivity contribution in [2.24, 2.45) is 0 Å². The van der Waals surface area contributed by atoms with Crippen molar-refractivity contribution < 1.29 is 24.2 Å². The minimum atomic E-state index is -4.20. The summed E-state index contributed by atoms with van der Waals surface area (Å²) in [5.41, 5.74) is 5.29. The Labute approximate surface area is 161 Å². The van der Waals surface area contributed by atoms with E-state index in [2.05, 4.69) is 19.9 Å². The first-order valence-corrected chi connectivity index (χ1v) is 11.0. The molecular weight excluding hydrogens is 363 g/mol. The first kappa shape index (κ1) is 21.5. The third kappa shape index (κ3) is 5.83. The topological polar surface area (TPSA) is 87.0 Å². The number of hydrogen-bond acceptors (Lipinski definition) is 3. The van der Waals surface area contributed by atoms with Crippen LogP contribution in [0.1, 0.15) is 60.4 Å². The van der Waals surface area contributed by atoms with Gasteiger partial charge in [0.1, 0.15) is 11.5 Å². The number of ether oxygens (including phenoxy) is 1. The quantitative estimate of drug-likeness (QED) is 0.549. The summed E-state index contributed by atoms with van der Waals surface area (Å²) in [5.74, 6) is 1.15. The van der Waals surface area contributed by atoms with Gasteiger partial charge < -0.3 is 19.6 Å². The Morgan fingerprint density at radius 2 is 1.63 bits per heavy atom.